The Morgan fingerprint density at radius 2 is 1.91 bits per heavy atom. The smallest absolute Gasteiger partial charge is 0.244 e. The van der Waals surface area contributed by atoms with E-state index in [2.05, 4.69) is 20.4 Å². The SMILES string of the molecule is COc1ccc(N2CCN(C(=O)Cn3cnnn3)CC2)cc1. The molecule has 1 aromatic heterocycles. The quantitative estimate of drug-likeness (QED) is 0.793. The molecular formula is C14H18N6O2. The highest BCUT2D eigenvalue weighted by molar-refractivity contribution is 5.76. The van der Waals surface area contributed by atoms with Crippen LogP contribution in [0.3, 0.4) is 0 Å². The molecule has 0 saturated carbocycles. The molecule has 0 spiro atoms. The van der Waals surface area contributed by atoms with E-state index in [1.807, 2.05) is 29.2 Å². The zero-order valence-electron chi connectivity index (χ0n) is 12.4. The van der Waals surface area contributed by atoms with E-state index in [1.165, 1.54) is 11.0 Å². The molecule has 0 bridgehead atoms. The second-order valence-corrected chi connectivity index (χ2v) is 5.07. The van der Waals surface area contributed by atoms with Gasteiger partial charge in [0.25, 0.3) is 0 Å². The number of amides is 1. The van der Waals surface area contributed by atoms with Crippen LogP contribution in [0.5, 0.6) is 5.75 Å². The Kier molecular flexibility index (Phi) is 4.17. The molecular weight excluding hydrogens is 284 g/mol. The lowest BCUT2D eigenvalue weighted by atomic mass is 10.2. The maximum absolute atomic E-state index is 12.2. The molecule has 3 rings (SSSR count). The van der Waals surface area contributed by atoms with Crippen LogP contribution in [0.15, 0.2) is 30.6 Å². The van der Waals surface area contributed by atoms with E-state index in [1.54, 1.807) is 7.11 Å². The molecule has 2 aromatic rings. The normalized spacial score (nSPS) is 15.0. The summed E-state index contributed by atoms with van der Waals surface area (Å²) in [6.45, 7) is 3.22. The second-order valence-electron chi connectivity index (χ2n) is 5.07. The van der Waals surface area contributed by atoms with E-state index in [0.29, 0.717) is 13.1 Å². The monoisotopic (exact) mass is 302 g/mol. The number of aromatic nitrogens is 4. The minimum atomic E-state index is 0.0432. The van der Waals surface area contributed by atoms with Gasteiger partial charge >= 0.3 is 0 Å². The maximum atomic E-state index is 12.2. The van der Waals surface area contributed by atoms with Gasteiger partial charge in [-0.15, -0.1) is 5.10 Å². The highest BCUT2D eigenvalue weighted by Gasteiger charge is 2.21. The van der Waals surface area contributed by atoms with Crippen molar-refractivity contribution in [1.29, 1.82) is 0 Å². The number of rotatable bonds is 4. The van der Waals surface area contributed by atoms with E-state index in [-0.39, 0.29) is 12.5 Å². The number of piperazine rings is 1. The van der Waals surface area contributed by atoms with Crippen LogP contribution in [0.2, 0.25) is 0 Å². The molecule has 0 unspecified atom stereocenters. The van der Waals surface area contributed by atoms with Crippen molar-refractivity contribution in [1.82, 2.24) is 25.1 Å². The van der Waals surface area contributed by atoms with Crippen molar-refractivity contribution < 1.29 is 9.53 Å². The van der Waals surface area contributed by atoms with Crippen LogP contribution in [0.25, 0.3) is 0 Å². The zero-order valence-corrected chi connectivity index (χ0v) is 12.4. The zero-order chi connectivity index (χ0) is 15.4. The fraction of sp³-hybridized carbons (Fsp3) is 0.429. The van der Waals surface area contributed by atoms with Crippen molar-refractivity contribution in [3.63, 3.8) is 0 Å². The summed E-state index contributed by atoms with van der Waals surface area (Å²) in [7, 11) is 1.66. The van der Waals surface area contributed by atoms with Crippen molar-refractivity contribution in [2.24, 2.45) is 0 Å². The summed E-state index contributed by atoms with van der Waals surface area (Å²) in [4.78, 5) is 16.3. The number of carbonyl (C=O) groups excluding carboxylic acids is 1. The average molecular weight is 302 g/mol. The summed E-state index contributed by atoms with van der Waals surface area (Å²) in [5.41, 5.74) is 1.15. The van der Waals surface area contributed by atoms with Gasteiger partial charge in [0.05, 0.1) is 7.11 Å². The number of nitrogens with zero attached hydrogens (tertiary/aromatic N) is 6. The first-order chi connectivity index (χ1) is 10.8. The second kappa shape index (κ2) is 6.42. The Labute approximate surface area is 128 Å². The van der Waals surface area contributed by atoms with E-state index in [9.17, 15) is 4.79 Å². The fourth-order valence-electron chi connectivity index (χ4n) is 2.50. The van der Waals surface area contributed by atoms with E-state index >= 15 is 0 Å². The average Bonchev–Trinajstić information content (AvgIpc) is 3.08. The van der Waals surface area contributed by atoms with Crippen molar-refractivity contribution in [3.05, 3.63) is 30.6 Å². The summed E-state index contributed by atoms with van der Waals surface area (Å²) in [5.74, 6) is 0.890. The molecule has 1 fully saturated rings. The lowest BCUT2D eigenvalue weighted by Crippen LogP contribution is -2.49. The lowest BCUT2D eigenvalue weighted by Gasteiger charge is -2.36. The summed E-state index contributed by atoms with van der Waals surface area (Å²) < 4.78 is 6.61. The van der Waals surface area contributed by atoms with Crippen molar-refractivity contribution in [2.75, 3.05) is 38.2 Å². The van der Waals surface area contributed by atoms with E-state index in [4.69, 9.17) is 4.74 Å². The predicted molar refractivity (Wildman–Crippen MR) is 79.6 cm³/mol. The number of anilines is 1. The van der Waals surface area contributed by atoms with Gasteiger partial charge in [-0.3, -0.25) is 4.79 Å². The van der Waals surface area contributed by atoms with Crippen molar-refractivity contribution in [2.45, 2.75) is 6.54 Å². The van der Waals surface area contributed by atoms with E-state index in [0.717, 1.165) is 24.5 Å². The Morgan fingerprint density at radius 3 is 2.50 bits per heavy atom. The lowest BCUT2D eigenvalue weighted by molar-refractivity contribution is -0.132. The number of ether oxygens (including phenoxy) is 1. The minimum absolute atomic E-state index is 0.0432. The van der Waals surface area contributed by atoms with Crippen molar-refractivity contribution >= 4 is 11.6 Å². The Morgan fingerprint density at radius 1 is 1.18 bits per heavy atom. The van der Waals surface area contributed by atoms with Crippen LogP contribution in [0.1, 0.15) is 0 Å². The highest BCUT2D eigenvalue weighted by atomic mass is 16.5. The molecule has 1 saturated heterocycles. The van der Waals surface area contributed by atoms with Gasteiger partial charge in [-0.2, -0.15) is 0 Å². The molecule has 2 heterocycles. The third-order valence-electron chi connectivity index (χ3n) is 3.76. The van der Waals surface area contributed by atoms with Crippen LogP contribution in [-0.4, -0.2) is 64.3 Å². The molecule has 0 radical (unpaired) electrons. The molecule has 8 nitrogen and oxygen atoms in total. The van der Waals surface area contributed by atoms with Crippen molar-refractivity contribution in [3.8, 4) is 5.75 Å². The molecule has 22 heavy (non-hydrogen) atoms. The van der Waals surface area contributed by atoms with Gasteiger partial charge in [0.2, 0.25) is 5.91 Å². The topological polar surface area (TPSA) is 76.4 Å². The molecule has 0 atom stereocenters. The fourth-order valence-corrected chi connectivity index (χ4v) is 2.50. The van der Waals surface area contributed by atoms with Crippen LogP contribution < -0.4 is 9.64 Å². The number of methoxy groups -OCH3 is 1. The summed E-state index contributed by atoms with van der Waals surface area (Å²) in [6.07, 6.45) is 1.45. The summed E-state index contributed by atoms with van der Waals surface area (Å²) >= 11 is 0. The Hall–Kier alpha value is -2.64. The highest BCUT2D eigenvalue weighted by Crippen LogP contribution is 2.20. The first-order valence-electron chi connectivity index (χ1n) is 7.14. The van der Waals surface area contributed by atoms with Gasteiger partial charge in [-0.25, -0.2) is 4.68 Å². The number of hydrogen-bond acceptors (Lipinski definition) is 6. The molecule has 0 aliphatic carbocycles. The predicted octanol–water partition coefficient (Wildman–Crippen LogP) is 0.0305. The minimum Gasteiger partial charge on any atom is -0.497 e. The number of carbonyl (C=O) groups is 1. The maximum Gasteiger partial charge on any atom is 0.244 e. The van der Waals surface area contributed by atoms with Crippen LogP contribution in [0.4, 0.5) is 5.69 Å². The standard InChI is InChI=1S/C14H18N6O2/c1-22-13-4-2-12(3-5-13)18-6-8-19(9-7-18)14(21)10-20-11-15-16-17-20/h2-5,11H,6-10H2,1H3. The third kappa shape index (κ3) is 3.16. The van der Waals surface area contributed by atoms with Crippen LogP contribution in [-0.2, 0) is 11.3 Å². The van der Waals surface area contributed by atoms with Gasteiger partial charge in [0.15, 0.2) is 0 Å². The summed E-state index contributed by atoms with van der Waals surface area (Å²) in [5, 5.41) is 10.8. The number of benzene rings is 1. The number of tetrazole rings is 1. The van der Waals surface area contributed by atoms with Gasteiger partial charge in [-0.1, -0.05) is 0 Å². The molecule has 8 heteroatoms. The van der Waals surface area contributed by atoms with Crippen LogP contribution >= 0.6 is 0 Å². The van der Waals surface area contributed by atoms with Crippen LogP contribution in [0, 0.1) is 0 Å². The first-order valence-corrected chi connectivity index (χ1v) is 7.14. The largest absolute Gasteiger partial charge is 0.497 e. The van der Waals surface area contributed by atoms with E-state index < -0.39 is 0 Å². The first kappa shape index (κ1) is 14.3. The molecule has 1 aromatic carbocycles. The molecule has 0 N–H and O–H groups in total. The van der Waals surface area contributed by atoms with Gasteiger partial charge < -0.3 is 14.5 Å². The van der Waals surface area contributed by atoms with Gasteiger partial charge in [0.1, 0.15) is 18.6 Å². The molecule has 1 aliphatic rings. The Balaban J connectivity index is 1.54. The molecule has 116 valence electrons. The summed E-state index contributed by atoms with van der Waals surface area (Å²) in [6, 6.07) is 7.98. The molecule has 1 amide bonds. The van der Waals surface area contributed by atoms with Gasteiger partial charge in [0, 0.05) is 31.9 Å². The van der Waals surface area contributed by atoms with Gasteiger partial charge in [-0.05, 0) is 34.7 Å². The third-order valence-corrected chi connectivity index (χ3v) is 3.76. The molecule has 1 aliphatic heterocycles. The Bertz CT molecular complexity index is 605. The number of hydrogen-bond donors (Lipinski definition) is 0.